The number of alkyl halides is 3. The molecule has 3 heterocycles. The maximum atomic E-state index is 13.5. The lowest BCUT2D eigenvalue weighted by atomic mass is 9.99. The van der Waals surface area contributed by atoms with E-state index in [9.17, 15) is 22.8 Å². The van der Waals surface area contributed by atoms with E-state index in [0.717, 1.165) is 17.2 Å². The van der Waals surface area contributed by atoms with Crippen LogP contribution < -0.4 is 20.3 Å². The lowest BCUT2D eigenvalue weighted by Gasteiger charge is -2.43. The first-order valence-corrected chi connectivity index (χ1v) is 13.3. The van der Waals surface area contributed by atoms with Crippen LogP contribution in [0.5, 0.6) is 5.88 Å². The van der Waals surface area contributed by atoms with Gasteiger partial charge in [-0.1, -0.05) is 13.0 Å². The molecule has 2 N–H and O–H groups in total. The van der Waals surface area contributed by atoms with Crippen LogP contribution in [0.4, 0.5) is 24.5 Å². The van der Waals surface area contributed by atoms with E-state index in [2.05, 4.69) is 9.97 Å². The van der Waals surface area contributed by atoms with Crippen LogP contribution in [0, 0.1) is 0 Å². The van der Waals surface area contributed by atoms with E-state index < -0.39 is 23.6 Å². The first-order valence-electron chi connectivity index (χ1n) is 13.3. The summed E-state index contributed by atoms with van der Waals surface area (Å²) in [4.78, 5) is 39.4. The normalized spacial score (nSPS) is 15.5. The summed E-state index contributed by atoms with van der Waals surface area (Å²) < 4.78 is 45.5. The highest BCUT2D eigenvalue weighted by Crippen LogP contribution is 2.35. The number of nitrogens with two attached hydrogens (primary N) is 1. The molecule has 1 aliphatic rings. The van der Waals surface area contributed by atoms with Crippen LogP contribution in [0.3, 0.4) is 0 Å². The molecule has 0 spiro atoms. The van der Waals surface area contributed by atoms with Gasteiger partial charge in [-0.05, 0) is 49.2 Å². The topological polar surface area (TPSA) is 105 Å². The van der Waals surface area contributed by atoms with Crippen molar-refractivity contribution in [3.63, 3.8) is 0 Å². The average Bonchev–Trinajstić information content (AvgIpc) is 2.95. The van der Waals surface area contributed by atoms with Crippen LogP contribution in [0.25, 0.3) is 11.1 Å². The van der Waals surface area contributed by atoms with E-state index in [1.807, 2.05) is 36.9 Å². The summed E-state index contributed by atoms with van der Waals surface area (Å²) in [6.45, 7) is 5.23. The summed E-state index contributed by atoms with van der Waals surface area (Å²) >= 11 is 0. The van der Waals surface area contributed by atoms with E-state index >= 15 is 0 Å². The van der Waals surface area contributed by atoms with Gasteiger partial charge in [0.05, 0.1) is 23.4 Å². The van der Waals surface area contributed by atoms with Gasteiger partial charge in [-0.3, -0.25) is 9.59 Å². The first-order chi connectivity index (χ1) is 19.5. The number of primary amides is 1. The van der Waals surface area contributed by atoms with Gasteiger partial charge in [0.1, 0.15) is 0 Å². The Hall–Kier alpha value is -4.35. The third kappa shape index (κ3) is 6.21. The molecule has 12 heteroatoms. The number of piperazine rings is 1. The fourth-order valence-corrected chi connectivity index (χ4v) is 4.98. The molecule has 1 aliphatic heterocycles. The van der Waals surface area contributed by atoms with Crippen molar-refractivity contribution in [2.24, 2.45) is 5.73 Å². The highest BCUT2D eigenvalue weighted by molar-refractivity contribution is 6.01. The minimum Gasteiger partial charge on any atom is -0.478 e. The molecule has 1 aromatic carbocycles. The van der Waals surface area contributed by atoms with Gasteiger partial charge in [0.2, 0.25) is 5.88 Å². The van der Waals surface area contributed by atoms with Gasteiger partial charge in [0.15, 0.2) is 5.69 Å². The number of aromatic nitrogens is 2. The van der Waals surface area contributed by atoms with Crippen LogP contribution in [0.2, 0.25) is 0 Å². The van der Waals surface area contributed by atoms with Crippen LogP contribution in [-0.4, -0.2) is 73.1 Å². The summed E-state index contributed by atoms with van der Waals surface area (Å²) in [6, 6.07) is 9.83. The van der Waals surface area contributed by atoms with Gasteiger partial charge < -0.3 is 25.2 Å². The van der Waals surface area contributed by atoms with Crippen molar-refractivity contribution in [1.29, 1.82) is 0 Å². The van der Waals surface area contributed by atoms with Crippen LogP contribution in [0.15, 0.2) is 48.8 Å². The monoisotopic (exact) mass is 570 g/mol. The molecule has 3 aromatic rings. The third-order valence-electron chi connectivity index (χ3n) is 7.06. The molecule has 1 atom stereocenters. The standard InChI is InChI=1S/C29H33F3N6O3/c1-5-20-17-37(28(40)25-24(36(3)4)15-19(16-35-25)29(30,31)32)12-13-38(20)23-10-9-18(14-22(23)26(33)39)21-8-7-11-34-27(21)41-6-2/h7-11,14-16,20H,5-6,12-13,17H2,1-4H3,(H2,33,39)/t20-/m1/s1. The number of halogens is 3. The Labute approximate surface area is 236 Å². The minimum absolute atomic E-state index is 0.0462. The number of ether oxygens (including phenoxy) is 1. The van der Waals surface area contributed by atoms with Gasteiger partial charge >= 0.3 is 6.18 Å². The summed E-state index contributed by atoms with van der Waals surface area (Å²) in [7, 11) is 3.14. The number of amides is 2. The molecular formula is C29H33F3N6O3. The second-order valence-electron chi connectivity index (χ2n) is 9.88. The summed E-state index contributed by atoms with van der Waals surface area (Å²) in [5, 5.41) is 0. The van der Waals surface area contributed by atoms with Crippen molar-refractivity contribution in [2.45, 2.75) is 32.5 Å². The highest BCUT2D eigenvalue weighted by atomic mass is 19.4. The number of nitrogens with zero attached hydrogens (tertiary/aromatic N) is 5. The van der Waals surface area contributed by atoms with Gasteiger partial charge in [0.25, 0.3) is 11.8 Å². The van der Waals surface area contributed by atoms with Crippen molar-refractivity contribution < 1.29 is 27.5 Å². The summed E-state index contributed by atoms with van der Waals surface area (Å²) in [6.07, 6.45) is -1.62. The number of hydrogen-bond donors (Lipinski definition) is 1. The van der Waals surface area contributed by atoms with Crippen LogP contribution in [0.1, 0.15) is 46.7 Å². The lowest BCUT2D eigenvalue weighted by molar-refractivity contribution is -0.137. The van der Waals surface area contributed by atoms with Crippen molar-refractivity contribution in [2.75, 3.05) is 50.1 Å². The highest BCUT2D eigenvalue weighted by Gasteiger charge is 2.35. The molecule has 9 nitrogen and oxygen atoms in total. The maximum absolute atomic E-state index is 13.5. The molecule has 4 rings (SSSR count). The average molecular weight is 571 g/mol. The van der Waals surface area contributed by atoms with Gasteiger partial charge in [0, 0.05) is 63.4 Å². The molecule has 2 amide bonds. The Balaban J connectivity index is 1.62. The molecule has 0 bridgehead atoms. The second kappa shape index (κ2) is 12.0. The number of carbonyl (C=O) groups excluding carboxylic acids is 2. The van der Waals surface area contributed by atoms with Crippen molar-refractivity contribution >= 4 is 23.2 Å². The Kier molecular flexibility index (Phi) is 8.69. The number of rotatable bonds is 8. The molecule has 1 fully saturated rings. The Morgan fingerprint density at radius 1 is 1.12 bits per heavy atom. The SMILES string of the molecule is CCOc1ncccc1-c1ccc(N2CCN(C(=O)c3ncc(C(F)(F)F)cc3N(C)C)C[C@H]2CC)c(C(N)=O)c1. The quantitative estimate of drug-likeness (QED) is 0.426. The number of benzene rings is 1. The largest absolute Gasteiger partial charge is 0.478 e. The molecule has 1 saturated heterocycles. The molecule has 41 heavy (non-hydrogen) atoms. The molecule has 2 aromatic heterocycles. The molecule has 0 unspecified atom stereocenters. The number of anilines is 2. The predicted molar refractivity (Wildman–Crippen MR) is 150 cm³/mol. The zero-order valence-electron chi connectivity index (χ0n) is 23.4. The van der Waals surface area contributed by atoms with Crippen LogP contribution >= 0.6 is 0 Å². The summed E-state index contributed by atoms with van der Waals surface area (Å²) in [5.41, 5.74) is 7.37. The Morgan fingerprint density at radius 3 is 2.51 bits per heavy atom. The number of pyridine rings is 2. The molecule has 218 valence electrons. The Bertz CT molecular complexity index is 1430. The molecule has 0 saturated carbocycles. The summed E-state index contributed by atoms with van der Waals surface area (Å²) in [5.74, 6) is -0.599. The predicted octanol–water partition coefficient (Wildman–Crippen LogP) is 4.47. The van der Waals surface area contributed by atoms with E-state index in [0.29, 0.717) is 49.4 Å². The fourth-order valence-electron chi connectivity index (χ4n) is 4.98. The third-order valence-corrected chi connectivity index (χ3v) is 7.06. The van der Waals surface area contributed by atoms with Gasteiger partial charge in [-0.15, -0.1) is 0 Å². The second-order valence-corrected chi connectivity index (χ2v) is 9.88. The zero-order valence-corrected chi connectivity index (χ0v) is 23.4. The zero-order chi connectivity index (χ0) is 29.9. The van der Waals surface area contributed by atoms with E-state index in [4.69, 9.17) is 10.5 Å². The Morgan fingerprint density at radius 2 is 1.88 bits per heavy atom. The van der Waals surface area contributed by atoms with Crippen molar-refractivity contribution in [3.05, 3.63) is 65.6 Å². The van der Waals surface area contributed by atoms with Gasteiger partial charge in [-0.2, -0.15) is 13.2 Å². The van der Waals surface area contributed by atoms with E-state index in [1.54, 1.807) is 37.3 Å². The van der Waals surface area contributed by atoms with Gasteiger partial charge in [-0.25, -0.2) is 9.97 Å². The molecule has 0 radical (unpaired) electrons. The maximum Gasteiger partial charge on any atom is 0.417 e. The number of hydrogen-bond acceptors (Lipinski definition) is 7. The minimum atomic E-state index is -4.58. The van der Waals surface area contributed by atoms with E-state index in [1.165, 1.54) is 4.90 Å². The van der Waals surface area contributed by atoms with Crippen molar-refractivity contribution in [3.8, 4) is 17.0 Å². The van der Waals surface area contributed by atoms with Crippen LogP contribution in [-0.2, 0) is 6.18 Å². The molecule has 0 aliphatic carbocycles. The van der Waals surface area contributed by atoms with Crippen molar-refractivity contribution in [1.82, 2.24) is 14.9 Å². The smallest absolute Gasteiger partial charge is 0.417 e. The fraction of sp³-hybridized carbons (Fsp3) is 0.379. The first kappa shape index (κ1) is 29.6. The number of carbonyl (C=O) groups is 2. The van der Waals surface area contributed by atoms with E-state index in [-0.39, 0.29) is 24.0 Å². The molecular weight excluding hydrogens is 537 g/mol. The lowest BCUT2D eigenvalue weighted by Crippen LogP contribution is -2.55.